The van der Waals surface area contributed by atoms with Crippen molar-refractivity contribution in [1.29, 1.82) is 0 Å². The largest absolute Gasteiger partial charge is 0.503 e. The summed E-state index contributed by atoms with van der Waals surface area (Å²) >= 11 is 0. The maximum absolute atomic E-state index is 13.4. The second-order valence-electron chi connectivity index (χ2n) is 9.11. The molecule has 1 saturated heterocycles. The smallest absolute Gasteiger partial charge is 0.329 e. The average Bonchev–Trinajstić information content (AvgIpc) is 2.88. The molecule has 0 aliphatic carbocycles. The first-order valence-electron chi connectivity index (χ1n) is 12.0. The van der Waals surface area contributed by atoms with Gasteiger partial charge >= 0.3 is 5.97 Å². The topological polar surface area (TPSA) is 116 Å². The fourth-order valence-electron chi connectivity index (χ4n) is 3.93. The lowest BCUT2D eigenvalue weighted by Crippen LogP contribution is -2.46. The number of methoxy groups -OCH3 is 1. The molecule has 1 aromatic heterocycles. The van der Waals surface area contributed by atoms with Gasteiger partial charge in [0.1, 0.15) is 35.9 Å². The van der Waals surface area contributed by atoms with Gasteiger partial charge in [-0.05, 0) is 56.4 Å². The van der Waals surface area contributed by atoms with Crippen LogP contribution in [-0.2, 0) is 14.3 Å². The van der Waals surface area contributed by atoms with Gasteiger partial charge in [-0.3, -0.25) is 4.79 Å². The molecule has 1 aromatic carbocycles. The molecule has 196 valence electrons. The van der Waals surface area contributed by atoms with Gasteiger partial charge in [0.15, 0.2) is 17.2 Å². The summed E-state index contributed by atoms with van der Waals surface area (Å²) in [6, 6.07) is 6.14. The van der Waals surface area contributed by atoms with Crippen molar-refractivity contribution in [2.24, 2.45) is 5.92 Å². The standard InChI is InChI=1S/C26H33FN2O7/c1-15(2)14-34-24-16(3)35-26(32)19(29-25(31)22-23(30)20(33-4)12-13-28-22)6-5-7-21(24)36-18-10-8-17(27)9-11-18/h8-13,15-16,19,21,24,30H,5-7,14H2,1-4H3,(H,29,31)/t16-,19-,21-,24-/m0/s1. The van der Waals surface area contributed by atoms with Crippen LogP contribution in [0.5, 0.6) is 17.2 Å². The SMILES string of the molecule is COc1ccnc(C(=O)N[C@H]2CCC[C@H](Oc3ccc(F)cc3)[C@@H](OCC(C)C)[C@H](C)OC2=O)c1O. The van der Waals surface area contributed by atoms with E-state index in [1.54, 1.807) is 6.92 Å². The molecule has 10 heteroatoms. The highest BCUT2D eigenvalue weighted by Gasteiger charge is 2.36. The van der Waals surface area contributed by atoms with Gasteiger partial charge in [-0.1, -0.05) is 13.8 Å². The summed E-state index contributed by atoms with van der Waals surface area (Å²) in [5, 5.41) is 12.9. The van der Waals surface area contributed by atoms with E-state index in [2.05, 4.69) is 10.3 Å². The molecule has 0 bridgehead atoms. The van der Waals surface area contributed by atoms with Crippen LogP contribution >= 0.6 is 0 Å². The lowest BCUT2D eigenvalue weighted by atomic mass is 10.0. The lowest BCUT2D eigenvalue weighted by Gasteiger charge is -2.32. The molecule has 0 saturated carbocycles. The zero-order valence-electron chi connectivity index (χ0n) is 20.9. The number of esters is 1. The Hall–Kier alpha value is -3.40. The van der Waals surface area contributed by atoms with Gasteiger partial charge in [-0.25, -0.2) is 14.2 Å². The fourth-order valence-corrected chi connectivity index (χ4v) is 3.93. The highest BCUT2D eigenvalue weighted by Crippen LogP contribution is 2.28. The molecule has 2 aromatic rings. The van der Waals surface area contributed by atoms with E-state index in [4.69, 9.17) is 18.9 Å². The number of ether oxygens (including phenoxy) is 4. The van der Waals surface area contributed by atoms with Gasteiger partial charge in [0.05, 0.1) is 7.11 Å². The molecule has 0 unspecified atom stereocenters. The van der Waals surface area contributed by atoms with Gasteiger partial charge in [-0.15, -0.1) is 0 Å². The monoisotopic (exact) mass is 504 g/mol. The number of nitrogens with one attached hydrogen (secondary N) is 1. The Labute approximate surface area is 209 Å². The first-order chi connectivity index (χ1) is 17.2. The summed E-state index contributed by atoms with van der Waals surface area (Å²) in [4.78, 5) is 29.7. The van der Waals surface area contributed by atoms with Crippen LogP contribution in [0.3, 0.4) is 0 Å². The van der Waals surface area contributed by atoms with E-state index >= 15 is 0 Å². The minimum absolute atomic E-state index is 0.0896. The Morgan fingerprint density at radius 3 is 2.64 bits per heavy atom. The average molecular weight is 505 g/mol. The van der Waals surface area contributed by atoms with E-state index in [-0.39, 0.29) is 29.6 Å². The van der Waals surface area contributed by atoms with Crippen LogP contribution in [0.4, 0.5) is 4.39 Å². The molecule has 4 atom stereocenters. The van der Waals surface area contributed by atoms with E-state index in [0.29, 0.717) is 25.2 Å². The summed E-state index contributed by atoms with van der Waals surface area (Å²) in [7, 11) is 1.36. The van der Waals surface area contributed by atoms with Crippen molar-refractivity contribution in [2.75, 3.05) is 13.7 Å². The maximum Gasteiger partial charge on any atom is 0.329 e. The van der Waals surface area contributed by atoms with Crippen molar-refractivity contribution in [1.82, 2.24) is 10.3 Å². The molecule has 36 heavy (non-hydrogen) atoms. The minimum atomic E-state index is -0.970. The number of aromatic nitrogens is 1. The van der Waals surface area contributed by atoms with E-state index < -0.39 is 42.0 Å². The fraction of sp³-hybridized carbons (Fsp3) is 0.500. The molecular formula is C26H33FN2O7. The minimum Gasteiger partial charge on any atom is -0.503 e. The molecule has 1 aliphatic heterocycles. The predicted octanol–water partition coefficient (Wildman–Crippen LogP) is 3.64. The number of halogens is 1. The van der Waals surface area contributed by atoms with Crippen molar-refractivity contribution >= 4 is 11.9 Å². The molecule has 1 amide bonds. The number of hydrogen-bond acceptors (Lipinski definition) is 8. The van der Waals surface area contributed by atoms with E-state index in [1.807, 2.05) is 13.8 Å². The third kappa shape index (κ3) is 7.07. The van der Waals surface area contributed by atoms with Crippen molar-refractivity contribution in [3.8, 4) is 17.2 Å². The number of pyridine rings is 1. The third-order valence-corrected chi connectivity index (χ3v) is 5.75. The normalized spacial score (nSPS) is 22.7. The van der Waals surface area contributed by atoms with Crippen molar-refractivity contribution in [2.45, 2.75) is 64.4 Å². The van der Waals surface area contributed by atoms with E-state index in [1.165, 1.54) is 43.6 Å². The number of amides is 1. The summed E-state index contributed by atoms with van der Waals surface area (Å²) in [6.45, 7) is 6.16. The second kappa shape index (κ2) is 12.5. The molecule has 9 nitrogen and oxygen atoms in total. The van der Waals surface area contributed by atoms with Crippen LogP contribution in [0, 0.1) is 11.7 Å². The summed E-state index contributed by atoms with van der Waals surface area (Å²) < 4.78 is 36.4. The van der Waals surface area contributed by atoms with Crippen LogP contribution < -0.4 is 14.8 Å². The highest BCUT2D eigenvalue weighted by atomic mass is 19.1. The number of carbonyl (C=O) groups excluding carboxylic acids is 2. The first-order valence-corrected chi connectivity index (χ1v) is 12.0. The first kappa shape index (κ1) is 27.2. The molecule has 2 heterocycles. The second-order valence-corrected chi connectivity index (χ2v) is 9.11. The van der Waals surface area contributed by atoms with Crippen LogP contribution in [0.2, 0.25) is 0 Å². The number of rotatable bonds is 8. The summed E-state index contributed by atoms with van der Waals surface area (Å²) in [5.41, 5.74) is -0.259. The number of aromatic hydroxyl groups is 1. The number of carbonyl (C=O) groups is 2. The van der Waals surface area contributed by atoms with E-state index in [9.17, 15) is 19.1 Å². The molecule has 3 rings (SSSR count). The van der Waals surface area contributed by atoms with Gasteiger partial charge in [-0.2, -0.15) is 0 Å². The molecule has 2 N–H and O–H groups in total. The summed E-state index contributed by atoms with van der Waals surface area (Å²) in [5.74, 6) is -1.35. The van der Waals surface area contributed by atoms with Crippen molar-refractivity contribution in [3.05, 3.63) is 48.0 Å². The molecule has 0 spiro atoms. The van der Waals surface area contributed by atoms with Crippen LogP contribution in [0.1, 0.15) is 50.5 Å². The number of cyclic esters (lactones) is 1. The van der Waals surface area contributed by atoms with Gasteiger partial charge in [0.2, 0.25) is 0 Å². The zero-order chi connectivity index (χ0) is 26.2. The van der Waals surface area contributed by atoms with Crippen molar-refractivity contribution < 1.29 is 38.0 Å². The van der Waals surface area contributed by atoms with E-state index in [0.717, 1.165) is 0 Å². The van der Waals surface area contributed by atoms with Crippen LogP contribution in [-0.4, -0.2) is 60.0 Å². The predicted molar refractivity (Wildman–Crippen MR) is 129 cm³/mol. The Morgan fingerprint density at radius 2 is 1.97 bits per heavy atom. The van der Waals surface area contributed by atoms with Gasteiger partial charge < -0.3 is 29.4 Å². The molecule has 1 fully saturated rings. The number of hydrogen-bond donors (Lipinski definition) is 2. The van der Waals surface area contributed by atoms with Gasteiger partial charge in [0.25, 0.3) is 5.91 Å². The molecule has 1 aliphatic rings. The maximum atomic E-state index is 13.4. The molecule has 0 radical (unpaired) electrons. The van der Waals surface area contributed by atoms with Crippen molar-refractivity contribution in [3.63, 3.8) is 0 Å². The molecular weight excluding hydrogens is 471 g/mol. The van der Waals surface area contributed by atoms with Gasteiger partial charge in [0, 0.05) is 18.9 Å². The van der Waals surface area contributed by atoms with Crippen LogP contribution in [0.15, 0.2) is 36.5 Å². The Balaban J connectivity index is 1.78. The van der Waals surface area contributed by atoms with Crippen LogP contribution in [0.25, 0.3) is 0 Å². The third-order valence-electron chi connectivity index (χ3n) is 5.75. The number of benzene rings is 1. The number of nitrogens with zero attached hydrogens (tertiary/aromatic N) is 1. The Morgan fingerprint density at radius 1 is 1.25 bits per heavy atom. The Bertz CT molecular complexity index is 1030. The Kier molecular flexibility index (Phi) is 9.46. The summed E-state index contributed by atoms with van der Waals surface area (Å²) in [6.07, 6.45) is 0.833. The lowest BCUT2D eigenvalue weighted by molar-refractivity contribution is -0.163. The zero-order valence-corrected chi connectivity index (χ0v) is 20.9. The quantitative estimate of drug-likeness (QED) is 0.524. The highest BCUT2D eigenvalue weighted by molar-refractivity contribution is 5.97.